The Hall–Kier alpha value is -3.33. The van der Waals surface area contributed by atoms with Gasteiger partial charge in [-0.15, -0.1) is 0 Å². The fourth-order valence-corrected chi connectivity index (χ4v) is 4.18. The normalized spacial score (nSPS) is 15.9. The molecule has 28 heavy (non-hydrogen) atoms. The Morgan fingerprint density at radius 1 is 1.29 bits per heavy atom. The van der Waals surface area contributed by atoms with Crippen molar-refractivity contribution >= 4 is 28.2 Å². The Bertz CT molecular complexity index is 1040. The molecule has 142 valence electrons. The maximum absolute atomic E-state index is 12.0. The van der Waals surface area contributed by atoms with E-state index in [-0.39, 0.29) is 12.3 Å². The van der Waals surface area contributed by atoms with Gasteiger partial charge >= 0.3 is 0 Å². The summed E-state index contributed by atoms with van der Waals surface area (Å²) >= 11 is 0. The summed E-state index contributed by atoms with van der Waals surface area (Å²) in [6.45, 7) is 8.80. The number of nitrogens with two attached hydrogens (primary N) is 1. The van der Waals surface area contributed by atoms with Crippen LogP contribution in [0.1, 0.15) is 24.5 Å². The van der Waals surface area contributed by atoms with Crippen molar-refractivity contribution in [2.24, 2.45) is 5.73 Å². The van der Waals surface area contributed by atoms with Gasteiger partial charge in [0.25, 0.3) is 0 Å². The predicted molar refractivity (Wildman–Crippen MR) is 110 cm³/mol. The predicted octanol–water partition coefficient (Wildman–Crippen LogP) is 2.60. The number of aromatic nitrogens is 1. The van der Waals surface area contributed by atoms with Crippen molar-refractivity contribution in [2.45, 2.75) is 19.8 Å². The average Bonchev–Trinajstić information content (AvgIpc) is 3.25. The van der Waals surface area contributed by atoms with E-state index in [1.807, 2.05) is 18.3 Å². The highest BCUT2D eigenvalue weighted by Crippen LogP contribution is 2.34. The summed E-state index contributed by atoms with van der Waals surface area (Å²) in [7, 11) is 0. The Labute approximate surface area is 164 Å². The molecule has 1 aromatic heterocycles. The van der Waals surface area contributed by atoms with E-state index < -0.39 is 0 Å². The molecular formula is C22H23N5O. The maximum atomic E-state index is 12.0. The minimum atomic E-state index is -0.0890. The fraction of sp³-hybridized carbons (Fsp3) is 0.318. The number of rotatable bonds is 4. The van der Waals surface area contributed by atoms with Gasteiger partial charge in [0, 0.05) is 49.0 Å². The molecule has 1 aromatic carbocycles. The number of nitrogens with zero attached hydrogens (tertiary/aromatic N) is 4. The van der Waals surface area contributed by atoms with Crippen LogP contribution >= 0.6 is 0 Å². The van der Waals surface area contributed by atoms with Gasteiger partial charge < -0.3 is 15.5 Å². The highest BCUT2D eigenvalue weighted by Gasteiger charge is 2.33. The third-order valence-electron chi connectivity index (χ3n) is 5.60. The molecule has 2 N–H and O–H groups in total. The lowest BCUT2D eigenvalue weighted by atomic mass is 9.98. The van der Waals surface area contributed by atoms with E-state index >= 15 is 0 Å². The van der Waals surface area contributed by atoms with Gasteiger partial charge in [0.1, 0.15) is 12.2 Å². The summed E-state index contributed by atoms with van der Waals surface area (Å²) in [5, 5.41) is 11.0. The molecule has 4 rings (SSSR count). The number of pyridine rings is 1. The summed E-state index contributed by atoms with van der Waals surface area (Å²) < 4.78 is 0. The van der Waals surface area contributed by atoms with Gasteiger partial charge in [0.2, 0.25) is 5.91 Å². The first-order chi connectivity index (χ1) is 13.5. The highest BCUT2D eigenvalue weighted by atomic mass is 16.2. The number of carbonyl (C=O) groups excluding carboxylic acids is 1. The molecule has 0 fully saturated rings. The van der Waals surface area contributed by atoms with Crippen LogP contribution in [0.2, 0.25) is 0 Å². The van der Waals surface area contributed by atoms with Crippen LogP contribution in [0.15, 0.2) is 42.1 Å². The van der Waals surface area contributed by atoms with Crippen molar-refractivity contribution in [3.8, 4) is 6.07 Å². The molecular weight excluding hydrogens is 350 g/mol. The molecule has 6 nitrogen and oxygen atoms in total. The van der Waals surface area contributed by atoms with Crippen LogP contribution in [0.25, 0.3) is 16.5 Å². The molecule has 0 saturated carbocycles. The second kappa shape index (κ2) is 7.01. The Morgan fingerprint density at radius 3 is 2.61 bits per heavy atom. The van der Waals surface area contributed by atoms with Crippen molar-refractivity contribution in [3.05, 3.63) is 53.2 Å². The average molecular weight is 373 g/mol. The molecule has 2 aromatic rings. The van der Waals surface area contributed by atoms with E-state index in [0.717, 1.165) is 41.7 Å². The Morgan fingerprint density at radius 2 is 2.00 bits per heavy atom. The molecule has 2 aliphatic heterocycles. The molecule has 0 saturated heterocycles. The molecule has 0 aliphatic carbocycles. The molecule has 0 bridgehead atoms. The summed E-state index contributed by atoms with van der Waals surface area (Å²) in [6, 6.07) is 8.22. The number of carbonyl (C=O) groups is 1. The Kier molecular flexibility index (Phi) is 4.52. The van der Waals surface area contributed by atoms with Crippen LogP contribution in [0.3, 0.4) is 0 Å². The lowest BCUT2D eigenvalue weighted by molar-refractivity contribution is -0.128. The van der Waals surface area contributed by atoms with Gasteiger partial charge in [-0.25, -0.2) is 4.98 Å². The molecule has 1 amide bonds. The first-order valence-corrected chi connectivity index (χ1v) is 9.47. The SMILES string of the molecule is C=C(N)c1cc2ccnc(N3CC4=C(CN(C(=O)CC#N)C4)C3)c2cc1CC. The minimum absolute atomic E-state index is 0.0519. The third kappa shape index (κ3) is 2.99. The van der Waals surface area contributed by atoms with Crippen molar-refractivity contribution in [1.82, 2.24) is 9.88 Å². The lowest BCUT2D eigenvalue weighted by Crippen LogP contribution is -2.34. The summed E-state index contributed by atoms with van der Waals surface area (Å²) in [5.41, 5.74) is 11.3. The van der Waals surface area contributed by atoms with Gasteiger partial charge in [-0.2, -0.15) is 5.26 Å². The van der Waals surface area contributed by atoms with Crippen LogP contribution in [0.4, 0.5) is 5.82 Å². The number of nitriles is 1. The maximum Gasteiger partial charge on any atom is 0.237 e. The molecule has 2 aliphatic rings. The van der Waals surface area contributed by atoms with Crippen molar-refractivity contribution in [1.29, 1.82) is 5.26 Å². The zero-order valence-corrected chi connectivity index (χ0v) is 16.0. The second-order valence-electron chi connectivity index (χ2n) is 7.39. The first-order valence-electron chi connectivity index (χ1n) is 9.47. The quantitative estimate of drug-likeness (QED) is 0.833. The zero-order valence-electron chi connectivity index (χ0n) is 16.0. The number of aryl methyl sites for hydroxylation is 1. The van der Waals surface area contributed by atoms with Crippen LogP contribution in [-0.2, 0) is 11.2 Å². The third-order valence-corrected chi connectivity index (χ3v) is 5.60. The number of amides is 1. The number of hydrogen-bond acceptors (Lipinski definition) is 5. The minimum Gasteiger partial charge on any atom is -0.399 e. The topological polar surface area (TPSA) is 86.2 Å². The monoisotopic (exact) mass is 373 g/mol. The van der Waals surface area contributed by atoms with Crippen LogP contribution in [0.5, 0.6) is 0 Å². The van der Waals surface area contributed by atoms with Crippen molar-refractivity contribution in [3.63, 3.8) is 0 Å². The molecule has 0 radical (unpaired) electrons. The first kappa shape index (κ1) is 18.1. The van der Waals surface area contributed by atoms with Gasteiger partial charge in [0.15, 0.2) is 0 Å². The van der Waals surface area contributed by atoms with E-state index in [1.54, 1.807) is 4.90 Å². The zero-order chi connectivity index (χ0) is 19.8. The lowest BCUT2D eigenvalue weighted by Gasteiger charge is -2.24. The molecule has 0 spiro atoms. The van der Waals surface area contributed by atoms with E-state index in [4.69, 9.17) is 11.0 Å². The van der Waals surface area contributed by atoms with Gasteiger partial charge in [0.05, 0.1) is 6.07 Å². The van der Waals surface area contributed by atoms with Gasteiger partial charge in [-0.05, 0) is 46.7 Å². The van der Waals surface area contributed by atoms with E-state index in [9.17, 15) is 4.79 Å². The summed E-state index contributed by atoms with van der Waals surface area (Å²) in [5.74, 6) is 0.875. The standard InChI is InChI=1S/C22H23N5O/c1-3-15-8-20-16(9-19(15)14(2)24)5-7-25-22(20)27-12-17-10-26(11-18(17)13-27)21(28)4-6-23/h5,7-9H,2-4,10-13,24H2,1H3. The smallest absolute Gasteiger partial charge is 0.237 e. The summed E-state index contributed by atoms with van der Waals surface area (Å²) in [6.07, 6.45) is 2.66. The Balaban J connectivity index is 1.61. The van der Waals surface area contributed by atoms with E-state index in [2.05, 4.69) is 35.5 Å². The molecule has 0 unspecified atom stereocenters. The number of anilines is 1. The molecule has 0 atom stereocenters. The second-order valence-corrected chi connectivity index (χ2v) is 7.39. The number of fused-ring (bicyclic) bond motifs is 1. The van der Waals surface area contributed by atoms with Gasteiger partial charge in [-0.3, -0.25) is 4.79 Å². The number of hydrogen-bond donors (Lipinski definition) is 1. The van der Waals surface area contributed by atoms with Crippen molar-refractivity contribution < 1.29 is 4.79 Å². The largest absolute Gasteiger partial charge is 0.399 e. The van der Waals surface area contributed by atoms with E-state index in [0.29, 0.717) is 18.8 Å². The van der Waals surface area contributed by atoms with Gasteiger partial charge in [-0.1, -0.05) is 13.5 Å². The van der Waals surface area contributed by atoms with Crippen molar-refractivity contribution in [2.75, 3.05) is 31.1 Å². The van der Waals surface area contributed by atoms with Crippen LogP contribution < -0.4 is 10.6 Å². The number of benzene rings is 1. The summed E-state index contributed by atoms with van der Waals surface area (Å²) in [4.78, 5) is 20.7. The van der Waals surface area contributed by atoms with Crippen LogP contribution in [-0.4, -0.2) is 42.0 Å². The molecule has 3 heterocycles. The molecule has 6 heteroatoms. The van der Waals surface area contributed by atoms with Crippen LogP contribution in [0, 0.1) is 11.3 Å². The fourth-order valence-electron chi connectivity index (χ4n) is 4.18. The van der Waals surface area contributed by atoms with E-state index in [1.165, 1.54) is 16.7 Å². The highest BCUT2D eigenvalue weighted by molar-refractivity contribution is 5.95.